The molecule has 1 aromatic heterocycles. The molecule has 25 heavy (non-hydrogen) atoms. The monoisotopic (exact) mass is 364 g/mol. The summed E-state index contributed by atoms with van der Waals surface area (Å²) >= 11 is 5.81. The number of imide groups is 1. The van der Waals surface area contributed by atoms with Crippen LogP contribution in [0.15, 0.2) is 29.9 Å². The summed E-state index contributed by atoms with van der Waals surface area (Å²) in [5.41, 5.74) is -0.0172. The number of hydrogen-bond donors (Lipinski definition) is 0. The number of allylic oxidation sites excluding steroid dienone is 3. The summed E-state index contributed by atoms with van der Waals surface area (Å²) in [6.45, 7) is 1.43. The van der Waals surface area contributed by atoms with Gasteiger partial charge in [0.1, 0.15) is 0 Å². The second kappa shape index (κ2) is 6.76. The Hall–Kier alpha value is -2.54. The number of likely N-dealkylation sites (tertiary alicyclic amines) is 1. The molecule has 8 heteroatoms. The smallest absolute Gasteiger partial charge is 0.360 e. The van der Waals surface area contributed by atoms with E-state index in [0.717, 1.165) is 4.90 Å². The lowest BCUT2D eigenvalue weighted by atomic mass is 9.94. The number of carbonyl (C=O) groups is 3. The minimum atomic E-state index is -0.997. The van der Waals surface area contributed by atoms with E-state index in [0.29, 0.717) is 12.0 Å². The number of rotatable bonds is 4. The summed E-state index contributed by atoms with van der Waals surface area (Å²) in [6, 6.07) is 1.19. The Morgan fingerprint density at radius 1 is 1.48 bits per heavy atom. The van der Waals surface area contributed by atoms with Crippen LogP contribution in [0.5, 0.6) is 0 Å². The zero-order valence-electron chi connectivity index (χ0n) is 13.3. The Balaban J connectivity index is 1.90. The Morgan fingerprint density at radius 2 is 2.24 bits per heavy atom. The zero-order valence-corrected chi connectivity index (χ0v) is 14.0. The molecule has 3 rings (SSSR count). The van der Waals surface area contributed by atoms with Crippen molar-refractivity contribution in [2.24, 2.45) is 5.92 Å². The second-order valence-corrected chi connectivity index (χ2v) is 5.95. The maximum atomic E-state index is 14.0. The van der Waals surface area contributed by atoms with Gasteiger partial charge in [-0.1, -0.05) is 29.8 Å². The topological polar surface area (TPSA) is 76.6 Å². The van der Waals surface area contributed by atoms with Gasteiger partial charge in [0.05, 0.1) is 29.8 Å². The third kappa shape index (κ3) is 3.07. The molecule has 0 spiro atoms. The highest BCUT2D eigenvalue weighted by molar-refractivity contribution is 6.31. The first-order valence-corrected chi connectivity index (χ1v) is 8.06. The zero-order chi connectivity index (χ0) is 18.1. The average Bonchev–Trinajstić information content (AvgIpc) is 2.83. The van der Waals surface area contributed by atoms with Gasteiger partial charge in [0, 0.05) is 5.57 Å². The van der Waals surface area contributed by atoms with Crippen molar-refractivity contribution in [3.05, 3.63) is 52.1 Å². The third-order valence-electron chi connectivity index (χ3n) is 3.97. The molecule has 1 aliphatic heterocycles. The van der Waals surface area contributed by atoms with Crippen molar-refractivity contribution in [1.82, 2.24) is 9.88 Å². The van der Waals surface area contributed by atoms with Gasteiger partial charge in [-0.05, 0) is 19.4 Å². The van der Waals surface area contributed by atoms with Gasteiger partial charge in [0.2, 0.25) is 5.91 Å². The van der Waals surface area contributed by atoms with E-state index in [1.165, 1.54) is 6.07 Å². The molecule has 1 aliphatic carbocycles. The number of carbonyl (C=O) groups excluding carboxylic acids is 3. The molecule has 2 amide bonds. The quantitative estimate of drug-likeness (QED) is 0.605. The fourth-order valence-electron chi connectivity index (χ4n) is 2.80. The molecule has 1 fully saturated rings. The fourth-order valence-corrected chi connectivity index (χ4v) is 3.02. The molecule has 1 atom stereocenters. The van der Waals surface area contributed by atoms with Crippen molar-refractivity contribution >= 4 is 29.4 Å². The van der Waals surface area contributed by atoms with Gasteiger partial charge in [-0.3, -0.25) is 14.5 Å². The summed E-state index contributed by atoms with van der Waals surface area (Å²) in [4.78, 5) is 41.6. The minimum absolute atomic E-state index is 0.0493. The highest BCUT2D eigenvalue weighted by Crippen LogP contribution is 2.32. The first-order chi connectivity index (χ1) is 11.9. The van der Waals surface area contributed by atoms with Crippen LogP contribution >= 0.6 is 11.6 Å². The predicted molar refractivity (Wildman–Crippen MR) is 86.0 cm³/mol. The number of ether oxygens (including phenoxy) is 1. The molecule has 0 aromatic carbocycles. The highest BCUT2D eigenvalue weighted by atomic mass is 35.5. The van der Waals surface area contributed by atoms with E-state index in [9.17, 15) is 18.8 Å². The molecule has 0 radical (unpaired) electrons. The Kier molecular flexibility index (Phi) is 4.67. The Morgan fingerprint density at radius 3 is 2.92 bits per heavy atom. The van der Waals surface area contributed by atoms with Crippen molar-refractivity contribution in [3.8, 4) is 0 Å². The van der Waals surface area contributed by atoms with E-state index < -0.39 is 29.3 Å². The predicted octanol–water partition coefficient (Wildman–Crippen LogP) is 2.42. The summed E-state index contributed by atoms with van der Waals surface area (Å²) in [7, 11) is 0. The molecule has 2 heterocycles. The average molecular weight is 365 g/mol. The number of esters is 1. The molecule has 1 saturated heterocycles. The maximum absolute atomic E-state index is 14.0. The molecule has 0 bridgehead atoms. The number of fused-ring (bicyclic) bond motifs is 1. The van der Waals surface area contributed by atoms with Crippen LogP contribution in [-0.4, -0.2) is 34.3 Å². The van der Waals surface area contributed by atoms with Gasteiger partial charge >= 0.3 is 5.97 Å². The lowest BCUT2D eigenvalue weighted by Gasteiger charge is -2.15. The molecule has 6 nitrogen and oxygen atoms in total. The molecule has 0 N–H and O–H groups in total. The molecule has 0 saturated carbocycles. The first kappa shape index (κ1) is 17.3. The second-order valence-electron chi connectivity index (χ2n) is 5.55. The maximum Gasteiger partial charge on any atom is 0.360 e. The van der Waals surface area contributed by atoms with E-state index >= 15 is 0 Å². The van der Waals surface area contributed by atoms with Gasteiger partial charge in [0.25, 0.3) is 5.91 Å². The van der Waals surface area contributed by atoms with Crippen LogP contribution in [-0.2, 0) is 20.9 Å². The number of halogens is 2. The number of amides is 2. The first-order valence-electron chi connectivity index (χ1n) is 7.68. The van der Waals surface area contributed by atoms with Gasteiger partial charge in [-0.15, -0.1) is 0 Å². The summed E-state index contributed by atoms with van der Waals surface area (Å²) in [5.74, 6) is -3.22. The standard InChI is InChI=1S/C17H14ClFN2O4/c1-2-25-17(24)14-13(19)12(18)7-9(20-14)8-21-15(22)10-5-3-4-6-11(10)16(21)23/h3-5,7,11H,2,6,8H2,1H3. The Labute approximate surface area is 147 Å². The fraction of sp³-hybridized carbons (Fsp3) is 0.294. The molecular formula is C17H14ClFN2O4. The number of pyridine rings is 1. The van der Waals surface area contributed by atoms with E-state index in [1.807, 2.05) is 6.08 Å². The number of aromatic nitrogens is 1. The van der Waals surface area contributed by atoms with Crippen LogP contribution < -0.4 is 0 Å². The molecule has 1 aromatic rings. The number of nitrogens with zero attached hydrogens (tertiary/aromatic N) is 2. The minimum Gasteiger partial charge on any atom is -0.461 e. The van der Waals surface area contributed by atoms with Crippen molar-refractivity contribution in [2.45, 2.75) is 19.9 Å². The molecular weight excluding hydrogens is 351 g/mol. The lowest BCUT2D eigenvalue weighted by molar-refractivity contribution is -0.139. The van der Waals surface area contributed by atoms with Crippen LogP contribution in [0, 0.1) is 11.7 Å². The van der Waals surface area contributed by atoms with Crippen LogP contribution in [0.3, 0.4) is 0 Å². The van der Waals surface area contributed by atoms with Crippen molar-refractivity contribution in [2.75, 3.05) is 6.61 Å². The van der Waals surface area contributed by atoms with Crippen LogP contribution in [0.4, 0.5) is 4.39 Å². The van der Waals surface area contributed by atoms with Gasteiger partial charge < -0.3 is 4.74 Å². The van der Waals surface area contributed by atoms with Crippen molar-refractivity contribution in [1.29, 1.82) is 0 Å². The van der Waals surface area contributed by atoms with Crippen LogP contribution in [0.25, 0.3) is 0 Å². The van der Waals surface area contributed by atoms with Crippen LogP contribution in [0.2, 0.25) is 5.02 Å². The number of hydrogen-bond acceptors (Lipinski definition) is 5. The van der Waals surface area contributed by atoms with Crippen LogP contribution in [0.1, 0.15) is 29.5 Å². The molecule has 2 aliphatic rings. The van der Waals surface area contributed by atoms with E-state index in [4.69, 9.17) is 16.3 Å². The Bertz CT molecular complexity index is 834. The van der Waals surface area contributed by atoms with E-state index in [2.05, 4.69) is 4.98 Å². The van der Waals surface area contributed by atoms with E-state index in [-0.39, 0.29) is 29.8 Å². The largest absolute Gasteiger partial charge is 0.461 e. The molecule has 1 unspecified atom stereocenters. The summed E-state index contributed by atoms with van der Waals surface area (Å²) < 4.78 is 18.7. The normalized spacial score (nSPS) is 19.1. The molecule has 130 valence electrons. The van der Waals surface area contributed by atoms with Crippen molar-refractivity contribution in [3.63, 3.8) is 0 Å². The SMILES string of the molecule is CCOC(=O)c1nc(CN2C(=O)C3=CC=CCC3C2=O)cc(Cl)c1F. The van der Waals surface area contributed by atoms with Gasteiger partial charge in [-0.25, -0.2) is 14.2 Å². The van der Waals surface area contributed by atoms with E-state index in [1.54, 1.807) is 19.1 Å². The summed E-state index contributed by atoms with van der Waals surface area (Å²) in [6.07, 6.45) is 5.61. The van der Waals surface area contributed by atoms with Gasteiger partial charge in [-0.2, -0.15) is 0 Å². The van der Waals surface area contributed by atoms with Gasteiger partial charge in [0.15, 0.2) is 11.5 Å². The summed E-state index contributed by atoms with van der Waals surface area (Å²) in [5, 5.41) is -0.328. The lowest BCUT2D eigenvalue weighted by Crippen LogP contribution is -2.30. The third-order valence-corrected chi connectivity index (χ3v) is 4.25. The highest BCUT2D eigenvalue weighted by Gasteiger charge is 2.43. The van der Waals surface area contributed by atoms with Crippen molar-refractivity contribution < 1.29 is 23.5 Å².